The van der Waals surface area contributed by atoms with Crippen molar-refractivity contribution in [2.45, 2.75) is 32.1 Å². The van der Waals surface area contributed by atoms with Crippen LogP contribution in [0.15, 0.2) is 97.1 Å². The number of anilines is 2. The molecule has 0 radical (unpaired) electrons. The second-order valence-corrected chi connectivity index (χ2v) is 10.5. The van der Waals surface area contributed by atoms with Crippen molar-refractivity contribution < 1.29 is 20.4 Å². The van der Waals surface area contributed by atoms with Crippen molar-refractivity contribution in [3.05, 3.63) is 142 Å². The molecule has 0 aromatic heterocycles. The molecule has 0 aliphatic heterocycles. The van der Waals surface area contributed by atoms with Gasteiger partial charge in [0.25, 0.3) is 0 Å². The molecule has 6 heteroatoms. The molecule has 0 heterocycles. The Morgan fingerprint density at radius 3 is 1.27 bits per heavy atom. The summed E-state index contributed by atoms with van der Waals surface area (Å²) < 4.78 is 0. The van der Waals surface area contributed by atoms with Gasteiger partial charge in [-0.25, -0.2) is 0 Å². The van der Waals surface area contributed by atoms with Crippen molar-refractivity contribution in [1.82, 2.24) is 0 Å². The molecule has 2 atom stereocenters. The predicted octanol–water partition coefficient (Wildman–Crippen LogP) is 6.90. The lowest BCUT2D eigenvalue weighted by Gasteiger charge is -2.23. The number of rotatable bonds is 7. The highest BCUT2D eigenvalue weighted by Gasteiger charge is 2.22. The fourth-order valence-corrected chi connectivity index (χ4v) is 5.47. The molecule has 8 N–H and O–H groups in total. The van der Waals surface area contributed by atoms with Crippen molar-refractivity contribution >= 4 is 11.4 Å². The van der Waals surface area contributed by atoms with Gasteiger partial charge in [0.05, 0.1) is 11.4 Å². The van der Waals surface area contributed by atoms with E-state index in [-0.39, 0.29) is 34.8 Å². The third-order valence-electron chi connectivity index (χ3n) is 7.74. The summed E-state index contributed by atoms with van der Waals surface area (Å²) in [6, 6.07) is 30.0. The average Bonchev–Trinajstić information content (AvgIpc) is 2.96. The monoisotopic (exact) mass is 546 g/mol. The second-order valence-electron chi connectivity index (χ2n) is 10.5. The first-order chi connectivity index (χ1) is 19.7. The molecule has 0 aliphatic rings. The minimum atomic E-state index is -0.200. The second kappa shape index (κ2) is 11.2. The predicted molar refractivity (Wildman–Crippen MR) is 164 cm³/mol. The molecule has 0 amide bonds. The number of aromatic hydroxyl groups is 4. The highest BCUT2D eigenvalue weighted by atomic mass is 16.3. The number of nitrogen functional groups attached to an aromatic ring is 2. The van der Waals surface area contributed by atoms with Crippen LogP contribution in [-0.2, 0) is 6.42 Å². The van der Waals surface area contributed by atoms with Crippen LogP contribution in [0.3, 0.4) is 0 Å². The van der Waals surface area contributed by atoms with Gasteiger partial charge in [0.2, 0.25) is 0 Å². The standard InChI is InChI=1S/C35H34N2O4/c1-3-21-17-25(9-13-31(21)39)35(27-11-15-33(41)29(37)19-27)23-6-4-22(5-7-23)34(24-8-12-30(38)20(2)16-24)26-10-14-32(40)28(36)18-26/h4-19,34-35,38-41H,3,36-37H2,1-2H3. The zero-order valence-electron chi connectivity index (χ0n) is 23.0. The van der Waals surface area contributed by atoms with E-state index in [0.717, 1.165) is 44.5 Å². The van der Waals surface area contributed by atoms with Crippen LogP contribution >= 0.6 is 0 Å². The van der Waals surface area contributed by atoms with Crippen molar-refractivity contribution in [2.75, 3.05) is 11.5 Å². The number of hydrogen-bond donors (Lipinski definition) is 6. The van der Waals surface area contributed by atoms with Crippen molar-refractivity contribution in [2.24, 2.45) is 0 Å². The van der Waals surface area contributed by atoms with Gasteiger partial charge >= 0.3 is 0 Å². The summed E-state index contributed by atoms with van der Waals surface area (Å²) in [5.74, 6) is 0.148. The van der Waals surface area contributed by atoms with E-state index in [4.69, 9.17) is 11.5 Å². The summed E-state index contributed by atoms with van der Waals surface area (Å²) in [6.07, 6.45) is 0.687. The van der Waals surface area contributed by atoms with Crippen LogP contribution in [0.1, 0.15) is 63.3 Å². The number of hydrogen-bond acceptors (Lipinski definition) is 6. The topological polar surface area (TPSA) is 133 Å². The maximum atomic E-state index is 10.3. The smallest absolute Gasteiger partial charge is 0.138 e. The molecule has 0 saturated carbocycles. The zero-order chi connectivity index (χ0) is 29.3. The lowest BCUT2D eigenvalue weighted by molar-refractivity contribution is 0.468. The van der Waals surface area contributed by atoms with Crippen LogP contribution in [0, 0.1) is 6.92 Å². The molecule has 208 valence electrons. The summed E-state index contributed by atoms with van der Waals surface area (Å²) in [6.45, 7) is 3.86. The highest BCUT2D eigenvalue weighted by Crippen LogP contribution is 2.40. The van der Waals surface area contributed by atoms with Crippen LogP contribution in [0.25, 0.3) is 0 Å². The van der Waals surface area contributed by atoms with Crippen LogP contribution < -0.4 is 11.5 Å². The number of aryl methyl sites for hydroxylation is 2. The average molecular weight is 547 g/mol. The first kappa shape index (κ1) is 27.5. The van der Waals surface area contributed by atoms with E-state index in [1.165, 1.54) is 0 Å². The molecule has 41 heavy (non-hydrogen) atoms. The molecule has 0 aliphatic carbocycles. The molecule has 0 spiro atoms. The Hall–Kier alpha value is -5.10. The molecule has 0 saturated heterocycles. The van der Waals surface area contributed by atoms with Gasteiger partial charge in [-0.15, -0.1) is 0 Å². The largest absolute Gasteiger partial charge is 0.508 e. The van der Waals surface area contributed by atoms with Crippen molar-refractivity contribution in [3.63, 3.8) is 0 Å². The molecule has 5 aromatic rings. The Morgan fingerprint density at radius 2 is 0.854 bits per heavy atom. The zero-order valence-corrected chi connectivity index (χ0v) is 23.0. The van der Waals surface area contributed by atoms with E-state index < -0.39 is 0 Å². The minimum Gasteiger partial charge on any atom is -0.508 e. The van der Waals surface area contributed by atoms with Gasteiger partial charge in [0.15, 0.2) is 0 Å². The van der Waals surface area contributed by atoms with E-state index >= 15 is 0 Å². The van der Waals surface area contributed by atoms with Crippen molar-refractivity contribution in [1.29, 1.82) is 0 Å². The molecule has 6 nitrogen and oxygen atoms in total. The van der Waals surface area contributed by atoms with Gasteiger partial charge in [-0.05, 0) is 94.3 Å². The van der Waals surface area contributed by atoms with Crippen molar-refractivity contribution in [3.8, 4) is 23.0 Å². The fraction of sp³-hybridized carbons (Fsp3) is 0.143. The molecule has 5 rings (SSSR count). The van der Waals surface area contributed by atoms with Crippen LogP contribution in [-0.4, -0.2) is 20.4 Å². The van der Waals surface area contributed by atoms with E-state index in [0.29, 0.717) is 17.8 Å². The van der Waals surface area contributed by atoms with Gasteiger partial charge in [-0.3, -0.25) is 0 Å². The number of benzene rings is 5. The van der Waals surface area contributed by atoms with Gasteiger partial charge in [0.1, 0.15) is 23.0 Å². The molecule has 0 bridgehead atoms. The lowest BCUT2D eigenvalue weighted by Crippen LogP contribution is -2.07. The third-order valence-corrected chi connectivity index (χ3v) is 7.74. The molecular weight excluding hydrogens is 512 g/mol. The Labute approximate surface area is 239 Å². The molecule has 2 unspecified atom stereocenters. The normalized spacial score (nSPS) is 12.6. The van der Waals surface area contributed by atoms with Crippen LogP contribution in [0.2, 0.25) is 0 Å². The molecule has 0 fully saturated rings. The van der Waals surface area contributed by atoms with E-state index in [9.17, 15) is 20.4 Å². The summed E-state index contributed by atoms with van der Waals surface area (Å²) in [5, 5.41) is 40.6. The maximum absolute atomic E-state index is 10.3. The first-order valence-corrected chi connectivity index (χ1v) is 13.5. The van der Waals surface area contributed by atoms with E-state index in [1.54, 1.807) is 36.4 Å². The van der Waals surface area contributed by atoms with E-state index in [2.05, 4.69) is 24.3 Å². The Morgan fingerprint density at radius 1 is 0.488 bits per heavy atom. The van der Waals surface area contributed by atoms with Gasteiger partial charge in [-0.2, -0.15) is 0 Å². The van der Waals surface area contributed by atoms with Crippen LogP contribution in [0.4, 0.5) is 11.4 Å². The van der Waals surface area contributed by atoms with Crippen LogP contribution in [0.5, 0.6) is 23.0 Å². The van der Waals surface area contributed by atoms with Gasteiger partial charge in [-0.1, -0.05) is 67.6 Å². The molecular formula is C35H34N2O4. The number of phenolic OH excluding ortho intramolecular Hbond substituents is 4. The SMILES string of the molecule is CCc1cc(C(c2ccc(C(c3ccc(O)c(C)c3)c3ccc(O)c(N)c3)cc2)c2ccc(O)c(N)c2)ccc1O. The quantitative estimate of drug-likeness (QED) is 0.0747. The summed E-state index contributed by atoms with van der Waals surface area (Å²) in [7, 11) is 0. The Bertz CT molecular complexity index is 1660. The molecule has 5 aromatic carbocycles. The summed E-state index contributed by atoms with van der Waals surface area (Å²) in [4.78, 5) is 0. The number of nitrogens with two attached hydrogens (primary N) is 2. The fourth-order valence-electron chi connectivity index (χ4n) is 5.47. The highest BCUT2D eigenvalue weighted by molar-refractivity contribution is 5.59. The van der Waals surface area contributed by atoms with E-state index in [1.807, 2.05) is 50.2 Å². The number of phenols is 4. The third kappa shape index (κ3) is 5.50. The Kier molecular flexibility index (Phi) is 7.49. The lowest BCUT2D eigenvalue weighted by atomic mass is 9.81. The van der Waals surface area contributed by atoms with Gasteiger partial charge < -0.3 is 31.9 Å². The Balaban J connectivity index is 1.64. The minimum absolute atomic E-state index is 0.0288. The summed E-state index contributed by atoms with van der Waals surface area (Å²) >= 11 is 0. The van der Waals surface area contributed by atoms with Gasteiger partial charge in [0, 0.05) is 11.8 Å². The summed E-state index contributed by atoms with van der Waals surface area (Å²) in [5.41, 5.74) is 20.2. The maximum Gasteiger partial charge on any atom is 0.138 e. The first-order valence-electron chi connectivity index (χ1n) is 13.5.